The number of anilines is 3. The predicted molar refractivity (Wildman–Crippen MR) is 118 cm³/mol. The van der Waals surface area contributed by atoms with Gasteiger partial charge in [-0.15, -0.1) is 0 Å². The summed E-state index contributed by atoms with van der Waals surface area (Å²) >= 11 is 0. The highest BCUT2D eigenvalue weighted by Gasteiger charge is 2.30. The van der Waals surface area contributed by atoms with Gasteiger partial charge in [-0.1, -0.05) is 31.2 Å². The van der Waals surface area contributed by atoms with Gasteiger partial charge in [-0.25, -0.2) is 9.37 Å². The SMILES string of the molecule is CCC1C(=O)Nc2cnc(NCc3ccc(OCc4ccc(F)cc4)cc3)nc2N1C. The van der Waals surface area contributed by atoms with Gasteiger partial charge >= 0.3 is 0 Å². The number of nitrogens with one attached hydrogen (secondary N) is 2. The Labute approximate surface area is 180 Å². The Hall–Kier alpha value is -3.68. The number of amides is 1. The maximum Gasteiger partial charge on any atom is 0.247 e. The van der Waals surface area contributed by atoms with E-state index < -0.39 is 0 Å². The first-order chi connectivity index (χ1) is 15.0. The van der Waals surface area contributed by atoms with Crippen LogP contribution in [0.4, 0.5) is 21.8 Å². The number of aromatic nitrogens is 2. The minimum absolute atomic E-state index is 0.0384. The fourth-order valence-corrected chi connectivity index (χ4v) is 3.45. The van der Waals surface area contributed by atoms with Gasteiger partial charge in [0.05, 0.1) is 6.20 Å². The summed E-state index contributed by atoms with van der Waals surface area (Å²) in [7, 11) is 1.87. The van der Waals surface area contributed by atoms with Crippen LogP contribution in [0.1, 0.15) is 24.5 Å². The third-order valence-electron chi connectivity index (χ3n) is 5.21. The van der Waals surface area contributed by atoms with Crippen LogP contribution in [-0.2, 0) is 17.9 Å². The van der Waals surface area contributed by atoms with Crippen molar-refractivity contribution in [3.8, 4) is 5.75 Å². The molecule has 31 heavy (non-hydrogen) atoms. The highest BCUT2D eigenvalue weighted by atomic mass is 19.1. The lowest BCUT2D eigenvalue weighted by molar-refractivity contribution is -0.117. The van der Waals surface area contributed by atoms with E-state index in [1.807, 2.05) is 43.1 Å². The molecule has 7 nitrogen and oxygen atoms in total. The molecule has 2 aromatic carbocycles. The minimum Gasteiger partial charge on any atom is -0.489 e. The quantitative estimate of drug-likeness (QED) is 0.601. The summed E-state index contributed by atoms with van der Waals surface area (Å²) < 4.78 is 18.7. The molecule has 0 saturated heterocycles. The standard InChI is InChI=1S/C23H24FN5O2/c1-3-20-22(30)27-19-13-26-23(28-21(19)29(20)2)25-12-15-6-10-18(11-7-15)31-14-16-4-8-17(24)9-5-16/h4-11,13,20H,3,12,14H2,1-2H3,(H,27,30)(H,25,26,28). The smallest absolute Gasteiger partial charge is 0.247 e. The Morgan fingerprint density at radius 2 is 1.84 bits per heavy atom. The first-order valence-corrected chi connectivity index (χ1v) is 10.1. The second-order valence-electron chi connectivity index (χ2n) is 7.37. The zero-order chi connectivity index (χ0) is 21.8. The van der Waals surface area contributed by atoms with Crippen LogP contribution < -0.4 is 20.3 Å². The van der Waals surface area contributed by atoms with Crippen molar-refractivity contribution >= 4 is 23.4 Å². The van der Waals surface area contributed by atoms with Gasteiger partial charge in [-0.05, 0) is 41.8 Å². The Morgan fingerprint density at radius 3 is 2.55 bits per heavy atom. The number of carbonyl (C=O) groups excluding carboxylic acids is 1. The van der Waals surface area contributed by atoms with E-state index in [-0.39, 0.29) is 17.8 Å². The molecule has 0 aliphatic carbocycles. The molecule has 3 aromatic rings. The van der Waals surface area contributed by atoms with E-state index in [4.69, 9.17) is 4.74 Å². The first kappa shape index (κ1) is 20.6. The van der Waals surface area contributed by atoms with Crippen molar-refractivity contribution in [1.29, 1.82) is 0 Å². The lowest BCUT2D eigenvalue weighted by Gasteiger charge is -2.33. The van der Waals surface area contributed by atoms with Crippen molar-refractivity contribution in [3.63, 3.8) is 0 Å². The summed E-state index contributed by atoms with van der Waals surface area (Å²) in [6.07, 6.45) is 2.32. The number of benzene rings is 2. The van der Waals surface area contributed by atoms with Gasteiger partial charge in [0.25, 0.3) is 0 Å². The Kier molecular flexibility index (Phi) is 5.97. The number of halogens is 1. The number of hydrogen-bond donors (Lipinski definition) is 2. The summed E-state index contributed by atoms with van der Waals surface area (Å²) in [5.41, 5.74) is 2.57. The lowest BCUT2D eigenvalue weighted by atomic mass is 10.1. The molecule has 1 unspecified atom stereocenters. The number of ether oxygens (including phenoxy) is 1. The molecule has 1 amide bonds. The summed E-state index contributed by atoms with van der Waals surface area (Å²) in [4.78, 5) is 22.9. The van der Waals surface area contributed by atoms with Crippen molar-refractivity contribution in [2.45, 2.75) is 32.5 Å². The number of carbonyl (C=O) groups is 1. The zero-order valence-corrected chi connectivity index (χ0v) is 17.4. The minimum atomic E-state index is -0.259. The van der Waals surface area contributed by atoms with Gasteiger partial charge in [0.1, 0.15) is 29.9 Å². The van der Waals surface area contributed by atoms with Crippen molar-refractivity contribution in [3.05, 3.63) is 71.7 Å². The highest BCUT2D eigenvalue weighted by molar-refractivity contribution is 6.02. The molecule has 1 aliphatic heterocycles. The van der Waals surface area contributed by atoms with Crippen LogP contribution in [-0.4, -0.2) is 29.0 Å². The maximum atomic E-state index is 13.0. The van der Waals surface area contributed by atoms with E-state index >= 15 is 0 Å². The molecule has 8 heteroatoms. The van der Waals surface area contributed by atoms with Crippen LogP contribution in [0.25, 0.3) is 0 Å². The average molecular weight is 421 g/mol. The molecular weight excluding hydrogens is 397 g/mol. The van der Waals surface area contributed by atoms with Crippen LogP contribution in [0, 0.1) is 5.82 Å². The van der Waals surface area contributed by atoms with Crippen LogP contribution in [0.15, 0.2) is 54.7 Å². The third kappa shape index (κ3) is 4.74. The Bertz CT molecular complexity index is 1060. The molecule has 0 fully saturated rings. The zero-order valence-electron chi connectivity index (χ0n) is 17.4. The molecule has 160 valence electrons. The molecule has 2 N–H and O–H groups in total. The predicted octanol–water partition coefficient (Wildman–Crippen LogP) is 3.97. The van der Waals surface area contributed by atoms with Crippen LogP contribution in [0.5, 0.6) is 5.75 Å². The molecule has 1 aromatic heterocycles. The summed E-state index contributed by atoms with van der Waals surface area (Å²) in [5, 5.41) is 6.08. The van der Waals surface area contributed by atoms with Gasteiger partial charge in [0, 0.05) is 13.6 Å². The van der Waals surface area contributed by atoms with Gasteiger partial charge in [0.15, 0.2) is 5.82 Å². The van der Waals surface area contributed by atoms with E-state index in [1.165, 1.54) is 12.1 Å². The number of rotatable bonds is 7. The maximum absolute atomic E-state index is 13.0. The summed E-state index contributed by atoms with van der Waals surface area (Å²) in [5.74, 6) is 1.64. The fraction of sp³-hybridized carbons (Fsp3) is 0.261. The van der Waals surface area contributed by atoms with Gasteiger partial charge in [-0.3, -0.25) is 4.79 Å². The van der Waals surface area contributed by atoms with E-state index in [0.29, 0.717) is 37.0 Å². The van der Waals surface area contributed by atoms with E-state index in [9.17, 15) is 9.18 Å². The Balaban J connectivity index is 1.35. The van der Waals surface area contributed by atoms with Crippen molar-refractivity contribution in [2.24, 2.45) is 0 Å². The van der Waals surface area contributed by atoms with Crippen LogP contribution in [0.2, 0.25) is 0 Å². The van der Waals surface area contributed by atoms with Crippen molar-refractivity contribution in [1.82, 2.24) is 9.97 Å². The highest BCUT2D eigenvalue weighted by Crippen LogP contribution is 2.30. The summed E-state index contributed by atoms with van der Waals surface area (Å²) in [6.45, 7) is 2.90. The molecular formula is C23H24FN5O2. The van der Waals surface area contributed by atoms with Crippen molar-refractivity contribution < 1.29 is 13.9 Å². The largest absolute Gasteiger partial charge is 0.489 e. The van der Waals surface area contributed by atoms with Crippen molar-refractivity contribution in [2.75, 3.05) is 22.6 Å². The first-order valence-electron chi connectivity index (χ1n) is 10.1. The number of likely N-dealkylation sites (N-methyl/N-ethyl adjacent to an activating group) is 1. The monoisotopic (exact) mass is 421 g/mol. The van der Waals surface area contributed by atoms with E-state index in [1.54, 1.807) is 18.3 Å². The van der Waals surface area contributed by atoms with Crippen LogP contribution in [0.3, 0.4) is 0 Å². The Morgan fingerprint density at radius 1 is 1.13 bits per heavy atom. The molecule has 1 atom stereocenters. The van der Waals surface area contributed by atoms with E-state index in [2.05, 4.69) is 20.6 Å². The van der Waals surface area contributed by atoms with Gasteiger partial charge in [0.2, 0.25) is 11.9 Å². The molecule has 0 saturated carbocycles. The van der Waals surface area contributed by atoms with Gasteiger partial charge < -0.3 is 20.3 Å². The normalized spacial score (nSPS) is 15.3. The second-order valence-corrected chi connectivity index (χ2v) is 7.37. The lowest BCUT2D eigenvalue weighted by Crippen LogP contribution is -2.46. The topological polar surface area (TPSA) is 79.4 Å². The molecule has 4 rings (SSSR count). The average Bonchev–Trinajstić information content (AvgIpc) is 2.78. The molecule has 2 heterocycles. The number of nitrogens with zero attached hydrogens (tertiary/aromatic N) is 3. The van der Waals surface area contributed by atoms with Gasteiger partial charge in [-0.2, -0.15) is 4.98 Å². The molecule has 1 aliphatic rings. The molecule has 0 spiro atoms. The van der Waals surface area contributed by atoms with E-state index in [0.717, 1.165) is 16.9 Å². The summed E-state index contributed by atoms with van der Waals surface area (Å²) in [6, 6.07) is 13.7. The number of hydrogen-bond acceptors (Lipinski definition) is 6. The third-order valence-corrected chi connectivity index (χ3v) is 5.21. The fourth-order valence-electron chi connectivity index (χ4n) is 3.45. The second kappa shape index (κ2) is 8.99. The molecule has 0 bridgehead atoms. The van der Waals surface area contributed by atoms with Crippen LogP contribution >= 0.6 is 0 Å². The molecule has 0 radical (unpaired) electrons. The number of fused-ring (bicyclic) bond motifs is 1.